The van der Waals surface area contributed by atoms with E-state index in [4.69, 9.17) is 9.97 Å². The van der Waals surface area contributed by atoms with Crippen LogP contribution in [0.25, 0.3) is 0 Å². The Morgan fingerprint density at radius 1 is 1.00 bits per heavy atom. The molecule has 1 saturated heterocycles. The SMILES string of the molecule is Cc1cccnc1C1CCCC(c2ncccc2C)N1Cc1cnc[nH]1. The number of rotatable bonds is 4. The van der Waals surface area contributed by atoms with Gasteiger partial charge in [0, 0.05) is 30.8 Å². The highest BCUT2D eigenvalue weighted by Gasteiger charge is 2.35. The zero-order valence-corrected chi connectivity index (χ0v) is 15.4. The van der Waals surface area contributed by atoms with Crippen LogP contribution in [0.3, 0.4) is 0 Å². The van der Waals surface area contributed by atoms with Crippen LogP contribution in [-0.2, 0) is 6.54 Å². The van der Waals surface area contributed by atoms with Gasteiger partial charge in [0.05, 0.1) is 29.8 Å². The second-order valence-corrected chi connectivity index (χ2v) is 7.12. The van der Waals surface area contributed by atoms with E-state index in [-0.39, 0.29) is 0 Å². The number of likely N-dealkylation sites (tertiary alicyclic amines) is 1. The molecule has 26 heavy (non-hydrogen) atoms. The molecule has 3 aromatic heterocycles. The number of aryl methyl sites for hydroxylation is 2. The zero-order valence-electron chi connectivity index (χ0n) is 15.4. The first-order valence-corrected chi connectivity index (χ1v) is 9.30. The van der Waals surface area contributed by atoms with Crippen LogP contribution in [0.15, 0.2) is 49.2 Å². The molecule has 1 fully saturated rings. The molecule has 0 bridgehead atoms. The average Bonchev–Trinajstić information content (AvgIpc) is 3.16. The number of aromatic amines is 1. The molecule has 2 unspecified atom stereocenters. The van der Waals surface area contributed by atoms with Gasteiger partial charge in [-0.15, -0.1) is 0 Å². The molecule has 1 aliphatic rings. The minimum atomic E-state index is 0.291. The van der Waals surface area contributed by atoms with Gasteiger partial charge in [0.15, 0.2) is 0 Å². The Kier molecular flexibility index (Phi) is 4.80. The fourth-order valence-electron chi connectivity index (χ4n) is 4.12. The van der Waals surface area contributed by atoms with Crippen LogP contribution in [0.4, 0.5) is 0 Å². The number of nitrogens with zero attached hydrogens (tertiary/aromatic N) is 4. The first-order chi connectivity index (χ1) is 12.7. The number of H-pyrrole nitrogens is 1. The van der Waals surface area contributed by atoms with E-state index in [1.807, 2.05) is 30.7 Å². The highest BCUT2D eigenvalue weighted by molar-refractivity contribution is 5.26. The summed E-state index contributed by atoms with van der Waals surface area (Å²) < 4.78 is 0. The van der Waals surface area contributed by atoms with Crippen LogP contribution in [0.5, 0.6) is 0 Å². The van der Waals surface area contributed by atoms with E-state index >= 15 is 0 Å². The molecule has 5 nitrogen and oxygen atoms in total. The molecule has 0 radical (unpaired) electrons. The molecule has 5 heteroatoms. The summed E-state index contributed by atoms with van der Waals surface area (Å²) in [4.78, 5) is 19.5. The van der Waals surface area contributed by atoms with Crippen molar-refractivity contribution in [2.24, 2.45) is 0 Å². The predicted molar refractivity (Wildman–Crippen MR) is 101 cm³/mol. The molecule has 4 heterocycles. The standard InChI is InChI=1S/C21H25N5/c1-15-6-4-10-23-20(15)18-8-3-9-19(21-16(2)7-5-11-24-21)26(18)13-17-12-22-14-25-17/h4-7,10-12,14,18-19H,3,8-9,13H2,1-2H3,(H,22,25). The summed E-state index contributed by atoms with van der Waals surface area (Å²) >= 11 is 0. The molecule has 0 spiro atoms. The maximum Gasteiger partial charge on any atom is 0.0922 e. The molecule has 2 atom stereocenters. The van der Waals surface area contributed by atoms with E-state index in [1.54, 1.807) is 6.33 Å². The predicted octanol–water partition coefficient (Wildman–Crippen LogP) is 4.29. The van der Waals surface area contributed by atoms with E-state index < -0.39 is 0 Å². The zero-order chi connectivity index (χ0) is 17.9. The number of piperidine rings is 1. The van der Waals surface area contributed by atoms with Crippen molar-refractivity contribution in [3.8, 4) is 0 Å². The Balaban J connectivity index is 1.75. The van der Waals surface area contributed by atoms with Gasteiger partial charge in [0.1, 0.15) is 0 Å². The molecule has 1 N–H and O–H groups in total. The van der Waals surface area contributed by atoms with E-state index in [2.05, 4.69) is 40.8 Å². The lowest BCUT2D eigenvalue weighted by atomic mass is 9.88. The summed E-state index contributed by atoms with van der Waals surface area (Å²) in [6, 6.07) is 8.93. The van der Waals surface area contributed by atoms with Crippen molar-refractivity contribution >= 4 is 0 Å². The van der Waals surface area contributed by atoms with E-state index in [9.17, 15) is 0 Å². The molecule has 134 valence electrons. The summed E-state index contributed by atoms with van der Waals surface area (Å²) in [6.45, 7) is 5.14. The van der Waals surface area contributed by atoms with Crippen molar-refractivity contribution in [1.29, 1.82) is 0 Å². The summed E-state index contributed by atoms with van der Waals surface area (Å²) in [5.74, 6) is 0. The molecule has 1 aliphatic heterocycles. The smallest absolute Gasteiger partial charge is 0.0922 e. The van der Waals surface area contributed by atoms with E-state index in [0.29, 0.717) is 12.1 Å². The number of pyridine rings is 2. The molecular weight excluding hydrogens is 322 g/mol. The Bertz CT molecular complexity index is 805. The van der Waals surface area contributed by atoms with Crippen LogP contribution < -0.4 is 0 Å². The first-order valence-electron chi connectivity index (χ1n) is 9.30. The third kappa shape index (κ3) is 3.27. The van der Waals surface area contributed by atoms with Gasteiger partial charge in [-0.3, -0.25) is 14.9 Å². The maximum atomic E-state index is 4.74. The first kappa shape index (κ1) is 16.9. The third-order valence-electron chi connectivity index (χ3n) is 5.39. The second kappa shape index (κ2) is 7.38. The van der Waals surface area contributed by atoms with Crippen LogP contribution >= 0.6 is 0 Å². The quantitative estimate of drug-likeness (QED) is 0.765. The fraction of sp³-hybridized carbons (Fsp3) is 0.381. The van der Waals surface area contributed by atoms with Crippen molar-refractivity contribution < 1.29 is 0 Å². The highest BCUT2D eigenvalue weighted by Crippen LogP contribution is 2.42. The average molecular weight is 347 g/mol. The molecular formula is C21H25N5. The lowest BCUT2D eigenvalue weighted by Crippen LogP contribution is -2.37. The Morgan fingerprint density at radius 3 is 2.12 bits per heavy atom. The van der Waals surface area contributed by atoms with Gasteiger partial charge in [-0.2, -0.15) is 0 Å². The van der Waals surface area contributed by atoms with Crippen molar-refractivity contribution in [3.63, 3.8) is 0 Å². The minimum absolute atomic E-state index is 0.291. The summed E-state index contributed by atoms with van der Waals surface area (Å²) in [6.07, 6.45) is 10.9. The van der Waals surface area contributed by atoms with Gasteiger partial charge in [0.25, 0.3) is 0 Å². The monoisotopic (exact) mass is 347 g/mol. The summed E-state index contributed by atoms with van der Waals surface area (Å²) in [5.41, 5.74) is 6.01. The van der Waals surface area contributed by atoms with Gasteiger partial charge < -0.3 is 4.98 Å². The van der Waals surface area contributed by atoms with Gasteiger partial charge in [-0.25, -0.2) is 4.98 Å². The molecule has 0 aliphatic carbocycles. The van der Waals surface area contributed by atoms with Gasteiger partial charge in [0.2, 0.25) is 0 Å². The maximum absolute atomic E-state index is 4.74. The number of nitrogens with one attached hydrogen (secondary N) is 1. The molecule has 0 aromatic carbocycles. The topological polar surface area (TPSA) is 57.7 Å². The largest absolute Gasteiger partial charge is 0.347 e. The highest BCUT2D eigenvalue weighted by atomic mass is 15.2. The van der Waals surface area contributed by atoms with Crippen LogP contribution in [0.2, 0.25) is 0 Å². The lowest BCUT2D eigenvalue weighted by Gasteiger charge is -2.42. The van der Waals surface area contributed by atoms with Gasteiger partial charge in [-0.1, -0.05) is 12.1 Å². The van der Waals surface area contributed by atoms with Crippen molar-refractivity contribution in [3.05, 3.63) is 77.4 Å². The molecule has 4 rings (SSSR count). The normalized spacial score (nSPS) is 21.0. The fourth-order valence-corrected chi connectivity index (χ4v) is 4.12. The van der Waals surface area contributed by atoms with Crippen LogP contribution in [0, 0.1) is 13.8 Å². The van der Waals surface area contributed by atoms with Crippen molar-refractivity contribution in [1.82, 2.24) is 24.8 Å². The van der Waals surface area contributed by atoms with E-state index in [1.165, 1.54) is 28.9 Å². The molecule has 3 aromatic rings. The number of aromatic nitrogens is 4. The van der Waals surface area contributed by atoms with Crippen molar-refractivity contribution in [2.75, 3.05) is 0 Å². The van der Waals surface area contributed by atoms with Crippen molar-refractivity contribution in [2.45, 2.75) is 51.7 Å². The Hall–Kier alpha value is -2.53. The second-order valence-electron chi connectivity index (χ2n) is 7.12. The number of hydrogen-bond acceptors (Lipinski definition) is 4. The summed E-state index contributed by atoms with van der Waals surface area (Å²) in [7, 11) is 0. The number of imidazole rings is 1. The minimum Gasteiger partial charge on any atom is -0.347 e. The van der Waals surface area contributed by atoms with Gasteiger partial charge >= 0.3 is 0 Å². The van der Waals surface area contributed by atoms with E-state index in [0.717, 1.165) is 25.1 Å². The lowest BCUT2D eigenvalue weighted by molar-refractivity contribution is 0.0667. The number of hydrogen-bond donors (Lipinski definition) is 1. The van der Waals surface area contributed by atoms with Crippen LogP contribution in [0.1, 0.15) is 59.6 Å². The van der Waals surface area contributed by atoms with Crippen LogP contribution in [-0.4, -0.2) is 24.8 Å². The Labute approximate surface area is 154 Å². The third-order valence-corrected chi connectivity index (χ3v) is 5.39. The molecule has 0 amide bonds. The van der Waals surface area contributed by atoms with Gasteiger partial charge in [-0.05, 0) is 56.4 Å². The summed E-state index contributed by atoms with van der Waals surface area (Å²) in [5, 5.41) is 0. The Morgan fingerprint density at radius 2 is 1.62 bits per heavy atom. The molecule has 0 saturated carbocycles.